The molecule has 0 bridgehead atoms. The zero-order chi connectivity index (χ0) is 13.4. The standard InChI is InChI=1S/C14H13NO4/c1-2-18-14(16)13-12-10-6-4-3-5-9(10)7-8-11(12)15(17)19-13/h3-8,12-13H,2H2,1H3. The molecule has 0 N–H and O–H groups in total. The van der Waals surface area contributed by atoms with Crippen molar-refractivity contribution in [3.8, 4) is 0 Å². The fraction of sp³-hybridized carbons (Fsp3) is 0.286. The second-order valence-electron chi connectivity index (χ2n) is 4.40. The van der Waals surface area contributed by atoms with Crippen LogP contribution in [0.5, 0.6) is 0 Å². The number of hydrogen-bond donors (Lipinski definition) is 0. The molecule has 0 spiro atoms. The first kappa shape index (κ1) is 11.8. The van der Waals surface area contributed by atoms with Crippen molar-refractivity contribution in [3.63, 3.8) is 0 Å². The lowest BCUT2D eigenvalue weighted by molar-refractivity contribution is -0.737. The molecule has 2 atom stereocenters. The smallest absolute Gasteiger partial charge is 0.326 e. The lowest BCUT2D eigenvalue weighted by Gasteiger charge is -2.20. The van der Waals surface area contributed by atoms with Crippen LogP contribution in [0.25, 0.3) is 6.08 Å². The highest BCUT2D eigenvalue weighted by Gasteiger charge is 2.46. The molecule has 1 aromatic rings. The molecule has 1 aromatic carbocycles. The Balaban J connectivity index is 2.03. The normalized spacial score (nSPS) is 23.6. The van der Waals surface area contributed by atoms with Crippen molar-refractivity contribution in [1.82, 2.24) is 0 Å². The monoisotopic (exact) mass is 259 g/mol. The summed E-state index contributed by atoms with van der Waals surface area (Å²) in [5.74, 6) is -0.897. The topological polar surface area (TPSA) is 61.6 Å². The number of esters is 1. The Labute approximate surface area is 110 Å². The number of rotatable bonds is 2. The van der Waals surface area contributed by atoms with Gasteiger partial charge in [0.1, 0.15) is 5.92 Å². The summed E-state index contributed by atoms with van der Waals surface area (Å²) in [5, 5.41) is 11.7. The van der Waals surface area contributed by atoms with Gasteiger partial charge in [-0.05, 0) is 24.1 Å². The summed E-state index contributed by atoms with van der Waals surface area (Å²) >= 11 is 0. The number of carbonyl (C=O) groups is 1. The molecule has 2 unspecified atom stereocenters. The third kappa shape index (κ3) is 1.78. The van der Waals surface area contributed by atoms with Gasteiger partial charge in [0.15, 0.2) is 6.10 Å². The highest BCUT2D eigenvalue weighted by Crippen LogP contribution is 2.35. The van der Waals surface area contributed by atoms with Crippen molar-refractivity contribution in [1.29, 1.82) is 0 Å². The second-order valence-corrected chi connectivity index (χ2v) is 4.40. The minimum Gasteiger partial charge on any atom is -0.465 e. The molecule has 3 rings (SSSR count). The van der Waals surface area contributed by atoms with Crippen LogP contribution in [0.2, 0.25) is 0 Å². The van der Waals surface area contributed by atoms with Crippen LogP contribution < -0.4 is 0 Å². The number of hydrogen-bond acceptors (Lipinski definition) is 4. The summed E-state index contributed by atoms with van der Waals surface area (Å²) in [4.78, 5) is 17.4. The lowest BCUT2D eigenvalue weighted by atomic mass is 9.82. The van der Waals surface area contributed by atoms with E-state index in [1.165, 1.54) is 0 Å². The second kappa shape index (κ2) is 4.42. The van der Waals surface area contributed by atoms with E-state index in [0.717, 1.165) is 11.1 Å². The van der Waals surface area contributed by atoms with E-state index in [-0.39, 0.29) is 6.61 Å². The number of allylic oxidation sites excluding steroid dienone is 1. The highest BCUT2D eigenvalue weighted by atomic mass is 16.9. The Morgan fingerprint density at radius 2 is 2.21 bits per heavy atom. The van der Waals surface area contributed by atoms with Gasteiger partial charge < -0.3 is 9.57 Å². The molecule has 0 saturated carbocycles. The first-order valence-electron chi connectivity index (χ1n) is 6.17. The summed E-state index contributed by atoms with van der Waals surface area (Å²) in [6.45, 7) is 1.98. The van der Waals surface area contributed by atoms with Gasteiger partial charge in [0.05, 0.1) is 6.61 Å². The zero-order valence-corrected chi connectivity index (χ0v) is 10.4. The Hall–Kier alpha value is -2.30. The average molecular weight is 259 g/mol. The van der Waals surface area contributed by atoms with Gasteiger partial charge >= 0.3 is 5.97 Å². The Bertz CT molecular complexity index is 591. The van der Waals surface area contributed by atoms with E-state index in [2.05, 4.69) is 0 Å². The third-order valence-electron chi connectivity index (χ3n) is 3.33. The van der Waals surface area contributed by atoms with Crippen molar-refractivity contribution in [2.45, 2.75) is 18.9 Å². The molecule has 0 amide bonds. The van der Waals surface area contributed by atoms with Crippen molar-refractivity contribution in [3.05, 3.63) is 46.7 Å². The van der Waals surface area contributed by atoms with Crippen LogP contribution in [0, 0.1) is 5.21 Å². The van der Waals surface area contributed by atoms with Crippen LogP contribution >= 0.6 is 0 Å². The molecule has 0 saturated heterocycles. The SMILES string of the molecule is CCOC(=O)C1O[N+]([O-])=C2C=Cc3ccccc3C21. The maximum Gasteiger partial charge on any atom is 0.326 e. The number of nitrogens with zero attached hydrogens (tertiary/aromatic N) is 1. The number of carbonyl (C=O) groups excluding carboxylic acids is 1. The van der Waals surface area contributed by atoms with E-state index in [0.29, 0.717) is 10.6 Å². The molecular weight excluding hydrogens is 246 g/mol. The summed E-state index contributed by atoms with van der Waals surface area (Å²) in [6, 6.07) is 7.64. The van der Waals surface area contributed by atoms with Crippen molar-refractivity contribution in [2.24, 2.45) is 0 Å². The van der Waals surface area contributed by atoms with E-state index < -0.39 is 18.0 Å². The molecule has 5 nitrogen and oxygen atoms in total. The minimum absolute atomic E-state index is 0.261. The van der Waals surface area contributed by atoms with Crippen molar-refractivity contribution < 1.29 is 19.3 Å². The average Bonchev–Trinajstić information content (AvgIpc) is 2.77. The maximum absolute atomic E-state index is 11.9. The zero-order valence-electron chi connectivity index (χ0n) is 10.4. The van der Waals surface area contributed by atoms with Crippen LogP contribution in [-0.2, 0) is 14.4 Å². The van der Waals surface area contributed by atoms with Gasteiger partial charge in [0.25, 0.3) is 5.71 Å². The lowest BCUT2D eigenvalue weighted by Crippen LogP contribution is -2.32. The van der Waals surface area contributed by atoms with Gasteiger partial charge in [-0.1, -0.05) is 24.3 Å². The first-order chi connectivity index (χ1) is 9.22. The van der Waals surface area contributed by atoms with Gasteiger partial charge in [0, 0.05) is 11.0 Å². The van der Waals surface area contributed by atoms with Gasteiger partial charge in [-0.25, -0.2) is 0 Å². The first-order valence-corrected chi connectivity index (χ1v) is 6.17. The van der Waals surface area contributed by atoms with Crippen LogP contribution in [0.1, 0.15) is 24.0 Å². The summed E-state index contributed by atoms with van der Waals surface area (Å²) in [5.41, 5.74) is 2.35. The van der Waals surface area contributed by atoms with Crippen molar-refractivity contribution in [2.75, 3.05) is 6.61 Å². The molecule has 1 aliphatic heterocycles. The number of benzene rings is 1. The molecule has 19 heavy (non-hydrogen) atoms. The predicted octanol–water partition coefficient (Wildman–Crippen LogP) is 1.63. The third-order valence-corrected chi connectivity index (χ3v) is 3.33. The van der Waals surface area contributed by atoms with E-state index in [4.69, 9.17) is 9.57 Å². The fourth-order valence-electron chi connectivity index (χ4n) is 2.51. The highest BCUT2D eigenvalue weighted by molar-refractivity contribution is 6.06. The molecule has 0 aromatic heterocycles. The van der Waals surface area contributed by atoms with E-state index in [1.54, 1.807) is 13.0 Å². The largest absolute Gasteiger partial charge is 0.465 e. The molecule has 98 valence electrons. The fourth-order valence-corrected chi connectivity index (χ4v) is 2.51. The van der Waals surface area contributed by atoms with Crippen LogP contribution in [-0.4, -0.2) is 29.3 Å². The van der Waals surface area contributed by atoms with Gasteiger partial charge in [0.2, 0.25) is 0 Å². The molecule has 0 radical (unpaired) electrons. The Morgan fingerprint density at radius 3 is 3.00 bits per heavy atom. The van der Waals surface area contributed by atoms with Gasteiger partial charge in [-0.2, -0.15) is 0 Å². The van der Waals surface area contributed by atoms with E-state index in [1.807, 2.05) is 30.3 Å². The molecule has 1 aliphatic carbocycles. The van der Waals surface area contributed by atoms with E-state index in [9.17, 15) is 10.0 Å². The van der Waals surface area contributed by atoms with Crippen LogP contribution in [0.15, 0.2) is 30.3 Å². The summed E-state index contributed by atoms with van der Waals surface area (Å²) < 4.78 is 4.97. The number of ether oxygens (including phenoxy) is 1. The summed E-state index contributed by atoms with van der Waals surface area (Å²) in [6.07, 6.45) is 2.64. The maximum atomic E-state index is 11.9. The summed E-state index contributed by atoms with van der Waals surface area (Å²) in [7, 11) is 0. The van der Waals surface area contributed by atoms with Crippen molar-refractivity contribution >= 4 is 17.8 Å². The van der Waals surface area contributed by atoms with Gasteiger partial charge in [-0.3, -0.25) is 10.0 Å². The quantitative estimate of drug-likeness (QED) is 0.598. The molecule has 5 heteroatoms. The van der Waals surface area contributed by atoms with Gasteiger partial charge in [-0.15, -0.1) is 0 Å². The Morgan fingerprint density at radius 1 is 1.42 bits per heavy atom. The number of fused-ring (bicyclic) bond motifs is 3. The molecule has 2 aliphatic rings. The Kier molecular flexibility index (Phi) is 2.74. The van der Waals surface area contributed by atoms with Crippen LogP contribution in [0.3, 0.4) is 0 Å². The van der Waals surface area contributed by atoms with E-state index >= 15 is 0 Å². The molecule has 0 fully saturated rings. The minimum atomic E-state index is -0.904. The van der Waals surface area contributed by atoms with Crippen LogP contribution in [0.4, 0.5) is 0 Å². The molecular formula is C14H13NO4. The molecule has 1 heterocycles. The predicted molar refractivity (Wildman–Crippen MR) is 68.4 cm³/mol.